The second-order valence-electron chi connectivity index (χ2n) is 2.90. The number of nitrogens with zero attached hydrogens (tertiary/aromatic N) is 2. The molecule has 0 saturated heterocycles. The number of carbonyl (C=O) groups is 1. The molecule has 0 unspecified atom stereocenters. The van der Waals surface area contributed by atoms with Crippen LogP contribution in [-0.2, 0) is 4.79 Å². The third kappa shape index (κ3) is 3.72. The van der Waals surface area contributed by atoms with Gasteiger partial charge in [-0.05, 0) is 27.4 Å². The zero-order valence-electron chi connectivity index (χ0n) is 8.63. The van der Waals surface area contributed by atoms with Crippen molar-refractivity contribution in [2.24, 2.45) is 0 Å². The Morgan fingerprint density at radius 3 is 1.92 bits per heavy atom. The highest BCUT2D eigenvalue weighted by Gasteiger charge is 2.10. The molecule has 0 aliphatic heterocycles. The number of hydrogen-bond acceptors (Lipinski definition) is 2. The lowest BCUT2D eigenvalue weighted by atomic mass is 10.4. The normalized spacial score (nSPS) is 10.4. The number of hydrogen-bond donors (Lipinski definition) is 0. The van der Waals surface area contributed by atoms with Crippen LogP contribution in [0.25, 0.3) is 0 Å². The van der Waals surface area contributed by atoms with Crippen LogP contribution in [0.4, 0.5) is 0 Å². The summed E-state index contributed by atoms with van der Waals surface area (Å²) >= 11 is 0. The number of carbonyl (C=O) groups excluding carboxylic acids is 1. The third-order valence-corrected chi connectivity index (χ3v) is 2.06. The summed E-state index contributed by atoms with van der Waals surface area (Å²) in [5.74, 6) is 0.226. The summed E-state index contributed by atoms with van der Waals surface area (Å²) in [5.41, 5.74) is 0. The first-order chi connectivity index (χ1) is 5.65. The summed E-state index contributed by atoms with van der Waals surface area (Å²) in [4.78, 5) is 15.3. The lowest BCUT2D eigenvalue weighted by molar-refractivity contribution is -0.131. The Kier molecular flexibility index (Phi) is 5.72. The molecule has 0 radical (unpaired) electrons. The van der Waals surface area contributed by atoms with Gasteiger partial charge in [-0.2, -0.15) is 0 Å². The molecule has 0 aliphatic rings. The van der Waals surface area contributed by atoms with Gasteiger partial charge in [0.05, 0.1) is 6.54 Å². The van der Waals surface area contributed by atoms with Gasteiger partial charge < -0.3 is 4.90 Å². The molecule has 0 aromatic rings. The van der Waals surface area contributed by atoms with E-state index in [2.05, 4.69) is 6.92 Å². The van der Waals surface area contributed by atoms with Crippen LogP contribution in [-0.4, -0.2) is 48.9 Å². The Balaban J connectivity index is 3.84. The zero-order valence-corrected chi connectivity index (χ0v) is 8.63. The minimum atomic E-state index is 0.226. The molecule has 0 aromatic carbocycles. The fourth-order valence-corrected chi connectivity index (χ4v) is 1.02. The van der Waals surface area contributed by atoms with Crippen LogP contribution in [0.5, 0.6) is 0 Å². The lowest BCUT2D eigenvalue weighted by Gasteiger charge is -2.21. The van der Waals surface area contributed by atoms with E-state index in [0.717, 1.165) is 19.6 Å². The SMILES string of the molecule is CCN(C)CC(=O)N(CC)CC. The number of rotatable bonds is 5. The van der Waals surface area contributed by atoms with Crippen molar-refractivity contribution in [2.75, 3.05) is 33.2 Å². The average molecular weight is 172 g/mol. The van der Waals surface area contributed by atoms with Crippen molar-refractivity contribution in [2.45, 2.75) is 20.8 Å². The molecule has 72 valence electrons. The fraction of sp³-hybridized carbons (Fsp3) is 0.889. The van der Waals surface area contributed by atoms with Gasteiger partial charge >= 0.3 is 0 Å². The van der Waals surface area contributed by atoms with Crippen molar-refractivity contribution in [3.05, 3.63) is 0 Å². The molecule has 0 saturated carbocycles. The van der Waals surface area contributed by atoms with Gasteiger partial charge in [0.2, 0.25) is 5.91 Å². The maximum Gasteiger partial charge on any atom is 0.236 e. The summed E-state index contributed by atoms with van der Waals surface area (Å²) in [6.07, 6.45) is 0. The molecule has 0 aliphatic carbocycles. The molecule has 0 atom stereocenters. The zero-order chi connectivity index (χ0) is 9.56. The summed E-state index contributed by atoms with van der Waals surface area (Å²) in [6, 6.07) is 0. The van der Waals surface area contributed by atoms with Crippen LogP contribution in [0.1, 0.15) is 20.8 Å². The Labute approximate surface area is 75.3 Å². The summed E-state index contributed by atoms with van der Waals surface area (Å²) in [6.45, 7) is 9.15. The Bertz CT molecular complexity index is 132. The first kappa shape index (κ1) is 11.4. The van der Waals surface area contributed by atoms with E-state index >= 15 is 0 Å². The first-order valence-electron chi connectivity index (χ1n) is 4.61. The quantitative estimate of drug-likeness (QED) is 0.612. The highest BCUT2D eigenvalue weighted by atomic mass is 16.2. The molecule has 0 spiro atoms. The highest BCUT2D eigenvalue weighted by Crippen LogP contribution is 1.91. The molecule has 0 heterocycles. The minimum absolute atomic E-state index is 0.226. The van der Waals surface area contributed by atoms with Gasteiger partial charge in [-0.1, -0.05) is 6.92 Å². The molecule has 0 N–H and O–H groups in total. The van der Waals surface area contributed by atoms with Crippen molar-refractivity contribution in [3.63, 3.8) is 0 Å². The predicted octanol–water partition coefficient (Wildman–Crippen LogP) is 0.806. The molecule has 0 rings (SSSR count). The second-order valence-corrected chi connectivity index (χ2v) is 2.90. The van der Waals surface area contributed by atoms with Gasteiger partial charge in [-0.25, -0.2) is 0 Å². The maximum absolute atomic E-state index is 11.5. The van der Waals surface area contributed by atoms with Gasteiger partial charge in [-0.15, -0.1) is 0 Å². The van der Waals surface area contributed by atoms with Crippen LogP contribution in [0.15, 0.2) is 0 Å². The summed E-state index contributed by atoms with van der Waals surface area (Å²) < 4.78 is 0. The highest BCUT2D eigenvalue weighted by molar-refractivity contribution is 5.78. The Morgan fingerprint density at radius 1 is 1.08 bits per heavy atom. The molecular weight excluding hydrogens is 152 g/mol. The van der Waals surface area contributed by atoms with Gasteiger partial charge in [0, 0.05) is 13.1 Å². The van der Waals surface area contributed by atoms with E-state index in [1.165, 1.54) is 0 Å². The molecule has 0 aromatic heterocycles. The van der Waals surface area contributed by atoms with E-state index in [9.17, 15) is 4.79 Å². The third-order valence-electron chi connectivity index (χ3n) is 2.06. The molecule has 3 nitrogen and oxygen atoms in total. The predicted molar refractivity (Wildman–Crippen MR) is 51.1 cm³/mol. The molecule has 0 fully saturated rings. The van der Waals surface area contributed by atoms with E-state index in [0.29, 0.717) is 6.54 Å². The van der Waals surface area contributed by atoms with Crippen molar-refractivity contribution in [1.82, 2.24) is 9.80 Å². The van der Waals surface area contributed by atoms with Gasteiger partial charge in [-0.3, -0.25) is 9.69 Å². The van der Waals surface area contributed by atoms with Crippen LogP contribution >= 0.6 is 0 Å². The fourth-order valence-electron chi connectivity index (χ4n) is 1.02. The number of amides is 1. The van der Waals surface area contributed by atoms with Crippen molar-refractivity contribution >= 4 is 5.91 Å². The smallest absolute Gasteiger partial charge is 0.236 e. The maximum atomic E-state index is 11.5. The van der Waals surface area contributed by atoms with E-state index in [4.69, 9.17) is 0 Å². The van der Waals surface area contributed by atoms with Crippen molar-refractivity contribution < 1.29 is 4.79 Å². The van der Waals surface area contributed by atoms with Gasteiger partial charge in [0.15, 0.2) is 0 Å². The van der Waals surface area contributed by atoms with Gasteiger partial charge in [0.25, 0.3) is 0 Å². The Morgan fingerprint density at radius 2 is 1.58 bits per heavy atom. The topological polar surface area (TPSA) is 23.6 Å². The molecule has 12 heavy (non-hydrogen) atoms. The minimum Gasteiger partial charge on any atom is -0.342 e. The molecular formula is C9H20N2O. The monoisotopic (exact) mass is 172 g/mol. The molecule has 3 heteroatoms. The first-order valence-corrected chi connectivity index (χ1v) is 4.61. The summed E-state index contributed by atoms with van der Waals surface area (Å²) in [5, 5.41) is 0. The van der Waals surface area contributed by atoms with E-state index in [-0.39, 0.29) is 5.91 Å². The average Bonchev–Trinajstić information content (AvgIpc) is 2.06. The van der Waals surface area contributed by atoms with Crippen molar-refractivity contribution in [1.29, 1.82) is 0 Å². The molecule has 0 bridgehead atoms. The van der Waals surface area contributed by atoms with Crippen molar-refractivity contribution in [3.8, 4) is 0 Å². The van der Waals surface area contributed by atoms with Crippen LogP contribution in [0.3, 0.4) is 0 Å². The standard InChI is InChI=1S/C9H20N2O/c1-5-10(4)8-9(12)11(6-2)7-3/h5-8H2,1-4H3. The number of likely N-dealkylation sites (N-methyl/N-ethyl adjacent to an activating group) is 2. The van der Waals surface area contributed by atoms with E-state index < -0.39 is 0 Å². The van der Waals surface area contributed by atoms with Gasteiger partial charge in [0.1, 0.15) is 0 Å². The van der Waals surface area contributed by atoms with Crippen LogP contribution in [0.2, 0.25) is 0 Å². The lowest BCUT2D eigenvalue weighted by Crippen LogP contribution is -2.38. The van der Waals surface area contributed by atoms with Crippen LogP contribution < -0.4 is 0 Å². The van der Waals surface area contributed by atoms with E-state index in [1.54, 1.807) is 0 Å². The Hall–Kier alpha value is -0.570. The summed E-state index contributed by atoms with van der Waals surface area (Å²) in [7, 11) is 1.96. The molecule has 1 amide bonds. The van der Waals surface area contributed by atoms with Crippen LogP contribution in [0, 0.1) is 0 Å². The largest absolute Gasteiger partial charge is 0.342 e. The van der Waals surface area contributed by atoms with E-state index in [1.807, 2.05) is 30.7 Å². The second kappa shape index (κ2) is 6.00.